The van der Waals surface area contributed by atoms with Crippen LogP contribution in [-0.2, 0) is 4.79 Å². The Balaban J connectivity index is 2.52. The van der Waals surface area contributed by atoms with Crippen LogP contribution in [0.4, 0.5) is 5.69 Å². The van der Waals surface area contributed by atoms with Crippen molar-refractivity contribution >= 4 is 23.5 Å². The Morgan fingerprint density at radius 1 is 1.21 bits per heavy atom. The standard InChI is InChI=1S/C12H11NO6/c14-7-4-10(15)13(5-7)9-3-6(11(16)17)1-2-8(9)12(18)19/h1-3,7,14H,4-5H2,(H,16,17)(H,18,19). The summed E-state index contributed by atoms with van der Waals surface area (Å²) in [6, 6.07) is 3.42. The van der Waals surface area contributed by atoms with Gasteiger partial charge in [0.15, 0.2) is 0 Å². The predicted octanol–water partition coefficient (Wildman–Crippen LogP) is 0.181. The summed E-state index contributed by atoms with van der Waals surface area (Å²) in [5.74, 6) is -2.91. The van der Waals surface area contributed by atoms with Crippen LogP contribution in [0, 0.1) is 0 Å². The highest BCUT2D eigenvalue weighted by Crippen LogP contribution is 2.27. The third kappa shape index (κ3) is 2.41. The summed E-state index contributed by atoms with van der Waals surface area (Å²) in [4.78, 5) is 34.8. The van der Waals surface area contributed by atoms with Crippen molar-refractivity contribution in [1.29, 1.82) is 0 Å². The lowest BCUT2D eigenvalue weighted by atomic mass is 10.1. The number of β-amino-alcohol motifs (C(OH)–C–C–N with tert-alkyl or cyclic N) is 1. The number of hydrogen-bond donors (Lipinski definition) is 3. The molecule has 3 N–H and O–H groups in total. The molecule has 1 unspecified atom stereocenters. The number of aliphatic hydroxyl groups excluding tert-OH is 1. The largest absolute Gasteiger partial charge is 0.478 e. The van der Waals surface area contributed by atoms with Crippen LogP contribution < -0.4 is 4.90 Å². The van der Waals surface area contributed by atoms with Crippen LogP contribution in [0.25, 0.3) is 0 Å². The Hall–Kier alpha value is -2.41. The molecule has 1 aromatic rings. The van der Waals surface area contributed by atoms with Crippen LogP contribution >= 0.6 is 0 Å². The molecule has 1 atom stereocenters. The lowest BCUT2D eigenvalue weighted by molar-refractivity contribution is -0.117. The summed E-state index contributed by atoms with van der Waals surface area (Å²) in [5.41, 5.74) is -0.296. The van der Waals surface area contributed by atoms with E-state index < -0.39 is 23.9 Å². The number of aromatic carboxylic acids is 2. The second-order valence-corrected chi connectivity index (χ2v) is 4.20. The summed E-state index contributed by atoms with van der Waals surface area (Å²) in [5, 5.41) is 27.4. The van der Waals surface area contributed by atoms with E-state index in [0.717, 1.165) is 23.1 Å². The lowest BCUT2D eigenvalue weighted by Gasteiger charge is -2.18. The van der Waals surface area contributed by atoms with E-state index in [-0.39, 0.29) is 29.8 Å². The SMILES string of the molecule is O=C(O)c1ccc(C(=O)O)c(N2CC(O)CC2=O)c1. The number of amides is 1. The number of carbonyl (C=O) groups excluding carboxylic acids is 1. The van der Waals surface area contributed by atoms with Gasteiger partial charge in [-0.3, -0.25) is 4.79 Å². The van der Waals surface area contributed by atoms with E-state index in [1.807, 2.05) is 0 Å². The molecule has 0 aromatic heterocycles. The fourth-order valence-corrected chi connectivity index (χ4v) is 1.99. The minimum atomic E-state index is -1.26. The number of aliphatic hydroxyl groups is 1. The van der Waals surface area contributed by atoms with Gasteiger partial charge >= 0.3 is 11.9 Å². The molecule has 0 bridgehead atoms. The molecule has 1 aromatic carbocycles. The number of carboxylic acid groups (broad SMARTS) is 2. The second kappa shape index (κ2) is 4.69. The average molecular weight is 265 g/mol. The first kappa shape index (κ1) is 13.0. The zero-order valence-corrected chi connectivity index (χ0v) is 9.74. The highest BCUT2D eigenvalue weighted by Gasteiger charge is 2.32. The number of nitrogens with zero attached hydrogens (tertiary/aromatic N) is 1. The van der Waals surface area contributed by atoms with Gasteiger partial charge in [0.05, 0.1) is 35.9 Å². The molecule has 7 nitrogen and oxygen atoms in total. The van der Waals surface area contributed by atoms with Gasteiger partial charge in [0, 0.05) is 0 Å². The first-order valence-corrected chi connectivity index (χ1v) is 5.49. The Morgan fingerprint density at radius 2 is 1.89 bits per heavy atom. The maximum absolute atomic E-state index is 11.7. The van der Waals surface area contributed by atoms with Crippen LogP contribution in [0.3, 0.4) is 0 Å². The first-order chi connectivity index (χ1) is 8.90. The molecule has 1 saturated heterocycles. The number of anilines is 1. The molecule has 0 radical (unpaired) electrons. The predicted molar refractivity (Wildman–Crippen MR) is 63.3 cm³/mol. The summed E-state index contributed by atoms with van der Waals surface area (Å²) in [7, 11) is 0. The van der Waals surface area contributed by atoms with E-state index in [9.17, 15) is 19.5 Å². The third-order valence-corrected chi connectivity index (χ3v) is 2.87. The van der Waals surface area contributed by atoms with Crippen molar-refractivity contribution in [3.8, 4) is 0 Å². The zero-order valence-electron chi connectivity index (χ0n) is 9.74. The Morgan fingerprint density at radius 3 is 2.37 bits per heavy atom. The van der Waals surface area contributed by atoms with Crippen molar-refractivity contribution < 1.29 is 29.7 Å². The third-order valence-electron chi connectivity index (χ3n) is 2.87. The van der Waals surface area contributed by atoms with E-state index >= 15 is 0 Å². The Bertz CT molecular complexity index is 567. The highest BCUT2D eigenvalue weighted by atomic mass is 16.4. The highest BCUT2D eigenvalue weighted by molar-refractivity contribution is 6.05. The van der Waals surface area contributed by atoms with Crippen LogP contribution in [-0.4, -0.2) is 45.8 Å². The lowest BCUT2D eigenvalue weighted by Crippen LogP contribution is -2.27. The summed E-state index contributed by atoms with van der Waals surface area (Å²) >= 11 is 0. The van der Waals surface area contributed by atoms with Gasteiger partial charge in [0.2, 0.25) is 5.91 Å². The molecule has 19 heavy (non-hydrogen) atoms. The van der Waals surface area contributed by atoms with Crippen molar-refractivity contribution in [3.05, 3.63) is 29.3 Å². The molecule has 1 fully saturated rings. The van der Waals surface area contributed by atoms with Crippen molar-refractivity contribution in [3.63, 3.8) is 0 Å². The second-order valence-electron chi connectivity index (χ2n) is 4.20. The van der Waals surface area contributed by atoms with Gasteiger partial charge < -0.3 is 20.2 Å². The normalized spacial score (nSPS) is 18.7. The molecule has 0 spiro atoms. The molecular formula is C12H11NO6. The molecule has 0 saturated carbocycles. The molecule has 2 rings (SSSR count). The van der Waals surface area contributed by atoms with E-state index in [0.29, 0.717) is 0 Å². The van der Waals surface area contributed by atoms with Crippen LogP contribution in [0.1, 0.15) is 27.1 Å². The van der Waals surface area contributed by atoms with Gasteiger partial charge in [-0.05, 0) is 18.2 Å². The van der Waals surface area contributed by atoms with E-state index in [4.69, 9.17) is 10.2 Å². The van der Waals surface area contributed by atoms with Gasteiger partial charge in [-0.25, -0.2) is 9.59 Å². The van der Waals surface area contributed by atoms with Gasteiger partial charge in [-0.2, -0.15) is 0 Å². The van der Waals surface area contributed by atoms with Crippen molar-refractivity contribution in [2.75, 3.05) is 11.4 Å². The molecule has 1 aliphatic rings. The van der Waals surface area contributed by atoms with Crippen molar-refractivity contribution in [2.45, 2.75) is 12.5 Å². The summed E-state index contributed by atoms with van der Waals surface area (Å²) < 4.78 is 0. The molecule has 0 aliphatic carbocycles. The molecule has 100 valence electrons. The van der Waals surface area contributed by atoms with Gasteiger partial charge in [0.25, 0.3) is 0 Å². The van der Waals surface area contributed by atoms with Gasteiger partial charge in [0.1, 0.15) is 0 Å². The van der Waals surface area contributed by atoms with E-state index in [2.05, 4.69) is 0 Å². The average Bonchev–Trinajstić information content (AvgIpc) is 2.67. The molecule has 1 amide bonds. The van der Waals surface area contributed by atoms with Crippen molar-refractivity contribution in [2.24, 2.45) is 0 Å². The maximum Gasteiger partial charge on any atom is 0.337 e. The molecule has 1 aliphatic heterocycles. The number of rotatable bonds is 3. The molecular weight excluding hydrogens is 254 g/mol. The quantitative estimate of drug-likeness (QED) is 0.718. The smallest absolute Gasteiger partial charge is 0.337 e. The first-order valence-electron chi connectivity index (χ1n) is 5.49. The van der Waals surface area contributed by atoms with E-state index in [1.165, 1.54) is 0 Å². The topological polar surface area (TPSA) is 115 Å². The number of carbonyl (C=O) groups is 3. The minimum absolute atomic E-state index is 0.00560. The zero-order chi connectivity index (χ0) is 14.2. The monoisotopic (exact) mass is 265 g/mol. The van der Waals surface area contributed by atoms with Gasteiger partial charge in [-0.15, -0.1) is 0 Å². The van der Waals surface area contributed by atoms with Crippen LogP contribution in [0.15, 0.2) is 18.2 Å². The van der Waals surface area contributed by atoms with Crippen LogP contribution in [0.2, 0.25) is 0 Å². The minimum Gasteiger partial charge on any atom is -0.478 e. The molecule has 1 heterocycles. The van der Waals surface area contributed by atoms with Crippen LogP contribution in [0.5, 0.6) is 0 Å². The van der Waals surface area contributed by atoms with Crippen molar-refractivity contribution in [1.82, 2.24) is 0 Å². The number of hydrogen-bond acceptors (Lipinski definition) is 4. The number of carboxylic acids is 2. The maximum atomic E-state index is 11.7. The number of benzene rings is 1. The fraction of sp³-hybridized carbons (Fsp3) is 0.250. The van der Waals surface area contributed by atoms with Gasteiger partial charge in [-0.1, -0.05) is 0 Å². The Kier molecular flexibility index (Phi) is 3.22. The fourth-order valence-electron chi connectivity index (χ4n) is 1.99. The summed E-state index contributed by atoms with van der Waals surface area (Å²) in [6.07, 6.45) is -0.973. The molecule has 7 heteroatoms. The Labute approximate surface area is 107 Å². The van der Waals surface area contributed by atoms with E-state index in [1.54, 1.807) is 0 Å². The summed E-state index contributed by atoms with van der Waals surface area (Å²) in [6.45, 7) is -0.0395.